The Morgan fingerprint density at radius 1 is 0.812 bits per heavy atom. The van der Waals surface area contributed by atoms with Gasteiger partial charge < -0.3 is 0 Å². The molecular weight excluding hydrogens is 280 g/mol. The predicted molar refractivity (Wildman–Crippen MR) is 80.8 cm³/mol. The molecule has 1 fully saturated rings. The molecule has 2 heteroatoms. The van der Waals surface area contributed by atoms with E-state index in [1.54, 1.807) is 0 Å². The van der Waals surface area contributed by atoms with E-state index in [9.17, 15) is 0 Å². The first kappa shape index (κ1) is 14.9. The molecule has 0 nitrogen and oxygen atoms in total. The van der Waals surface area contributed by atoms with E-state index in [1.165, 1.54) is 81.7 Å². The zero-order chi connectivity index (χ0) is 11.5. The van der Waals surface area contributed by atoms with Gasteiger partial charge in [-0.25, -0.2) is 0 Å². The van der Waals surface area contributed by atoms with Crippen LogP contribution < -0.4 is 0 Å². The van der Waals surface area contributed by atoms with Crippen molar-refractivity contribution >= 4 is 27.7 Å². The van der Waals surface area contributed by atoms with Crippen molar-refractivity contribution in [2.45, 2.75) is 75.9 Å². The molecule has 0 aromatic heterocycles. The highest BCUT2D eigenvalue weighted by Crippen LogP contribution is 2.29. The monoisotopic (exact) mass is 306 g/mol. The summed E-state index contributed by atoms with van der Waals surface area (Å²) in [7, 11) is 0. The number of hydrogen-bond acceptors (Lipinski definition) is 1. The number of alkyl halides is 1. The molecular formula is C14H27BrS. The minimum Gasteiger partial charge on any atom is -0.159 e. The molecule has 0 heterocycles. The number of thioether (sulfide) groups is 1. The second-order valence-electron chi connectivity index (χ2n) is 4.94. The molecule has 1 rings (SSSR count). The van der Waals surface area contributed by atoms with Gasteiger partial charge in [0.1, 0.15) is 0 Å². The lowest BCUT2D eigenvalue weighted by Crippen LogP contribution is -1.95. The highest BCUT2D eigenvalue weighted by atomic mass is 79.9. The van der Waals surface area contributed by atoms with Gasteiger partial charge in [0.2, 0.25) is 0 Å². The molecule has 0 aromatic rings. The number of hydrogen-bond donors (Lipinski definition) is 0. The normalized spacial score (nSPS) is 17.1. The molecule has 16 heavy (non-hydrogen) atoms. The van der Waals surface area contributed by atoms with Crippen molar-refractivity contribution in [2.75, 3.05) is 11.1 Å². The number of unbranched alkanes of at least 4 members (excludes halogenated alkanes) is 6. The van der Waals surface area contributed by atoms with Gasteiger partial charge in [0.25, 0.3) is 0 Å². The Morgan fingerprint density at radius 2 is 1.38 bits per heavy atom. The van der Waals surface area contributed by atoms with Gasteiger partial charge in [-0.1, -0.05) is 60.9 Å². The van der Waals surface area contributed by atoms with Gasteiger partial charge >= 0.3 is 0 Å². The highest BCUT2D eigenvalue weighted by molar-refractivity contribution is 9.09. The molecule has 0 amide bonds. The van der Waals surface area contributed by atoms with E-state index in [2.05, 4.69) is 27.7 Å². The molecule has 1 saturated carbocycles. The standard InChI is InChI=1S/C14H27BrS/c15-12-8-4-2-1-3-5-9-13-16-14-10-6-7-11-14/h14H,1-13H2. The first-order valence-corrected chi connectivity index (χ1v) is 9.28. The summed E-state index contributed by atoms with van der Waals surface area (Å²) in [6.07, 6.45) is 16.0. The molecule has 0 saturated heterocycles. The summed E-state index contributed by atoms with van der Waals surface area (Å²) >= 11 is 5.73. The van der Waals surface area contributed by atoms with Gasteiger partial charge in [0.05, 0.1) is 0 Å². The summed E-state index contributed by atoms with van der Waals surface area (Å²) in [6, 6.07) is 0. The van der Waals surface area contributed by atoms with Crippen LogP contribution in [0.2, 0.25) is 0 Å². The summed E-state index contributed by atoms with van der Waals surface area (Å²) < 4.78 is 0. The summed E-state index contributed by atoms with van der Waals surface area (Å²) in [6.45, 7) is 0. The maximum Gasteiger partial charge on any atom is 0.00470 e. The number of rotatable bonds is 10. The maximum absolute atomic E-state index is 3.48. The van der Waals surface area contributed by atoms with Gasteiger partial charge in [-0.3, -0.25) is 0 Å². The van der Waals surface area contributed by atoms with E-state index in [0.717, 1.165) is 5.25 Å². The Hall–Kier alpha value is 0.830. The second kappa shape index (κ2) is 11.0. The zero-order valence-electron chi connectivity index (χ0n) is 10.6. The Bertz CT molecular complexity index is 144. The van der Waals surface area contributed by atoms with Crippen LogP contribution in [0.5, 0.6) is 0 Å². The average Bonchev–Trinajstić information content (AvgIpc) is 2.80. The van der Waals surface area contributed by atoms with E-state index in [0.29, 0.717) is 0 Å². The molecule has 0 spiro atoms. The zero-order valence-corrected chi connectivity index (χ0v) is 13.0. The fraction of sp³-hybridized carbons (Fsp3) is 1.00. The molecule has 0 bridgehead atoms. The van der Waals surface area contributed by atoms with Crippen molar-refractivity contribution in [1.29, 1.82) is 0 Å². The Kier molecular flexibility index (Phi) is 10.2. The van der Waals surface area contributed by atoms with Crippen LogP contribution in [0.1, 0.15) is 70.6 Å². The predicted octanol–water partition coefficient (Wildman–Crippen LogP) is 5.79. The molecule has 0 aliphatic heterocycles. The van der Waals surface area contributed by atoms with Crippen LogP contribution in [0.3, 0.4) is 0 Å². The average molecular weight is 307 g/mol. The molecule has 0 radical (unpaired) electrons. The van der Waals surface area contributed by atoms with Crippen molar-refractivity contribution in [3.63, 3.8) is 0 Å². The first-order chi connectivity index (χ1) is 7.93. The molecule has 0 atom stereocenters. The fourth-order valence-electron chi connectivity index (χ4n) is 2.39. The van der Waals surface area contributed by atoms with Crippen molar-refractivity contribution in [3.05, 3.63) is 0 Å². The molecule has 1 aliphatic carbocycles. The smallest absolute Gasteiger partial charge is 0.00470 e. The van der Waals surface area contributed by atoms with Crippen LogP contribution in [-0.4, -0.2) is 16.3 Å². The van der Waals surface area contributed by atoms with Gasteiger partial charge in [0.15, 0.2) is 0 Å². The minimum atomic E-state index is 1.03. The topological polar surface area (TPSA) is 0 Å². The Labute approximate surface area is 114 Å². The van der Waals surface area contributed by atoms with Gasteiger partial charge in [-0.05, 0) is 31.4 Å². The quantitative estimate of drug-likeness (QED) is 0.364. The minimum absolute atomic E-state index is 1.03. The van der Waals surface area contributed by atoms with Crippen molar-refractivity contribution in [3.8, 4) is 0 Å². The van der Waals surface area contributed by atoms with E-state index in [1.807, 2.05) is 0 Å². The van der Waals surface area contributed by atoms with E-state index >= 15 is 0 Å². The van der Waals surface area contributed by atoms with Crippen LogP contribution in [0, 0.1) is 0 Å². The summed E-state index contributed by atoms with van der Waals surface area (Å²) in [5.41, 5.74) is 0. The Morgan fingerprint density at radius 3 is 2.00 bits per heavy atom. The van der Waals surface area contributed by atoms with Crippen molar-refractivity contribution < 1.29 is 0 Å². The lowest BCUT2D eigenvalue weighted by Gasteiger charge is -2.07. The fourth-order valence-corrected chi connectivity index (χ4v) is 4.15. The van der Waals surface area contributed by atoms with Crippen LogP contribution in [0.15, 0.2) is 0 Å². The van der Waals surface area contributed by atoms with E-state index in [-0.39, 0.29) is 0 Å². The summed E-state index contributed by atoms with van der Waals surface area (Å²) in [4.78, 5) is 0. The summed E-state index contributed by atoms with van der Waals surface area (Å²) in [5, 5.41) is 2.21. The summed E-state index contributed by atoms with van der Waals surface area (Å²) in [5.74, 6) is 1.42. The second-order valence-corrected chi connectivity index (χ2v) is 7.14. The third kappa shape index (κ3) is 8.00. The maximum atomic E-state index is 3.48. The van der Waals surface area contributed by atoms with Crippen molar-refractivity contribution in [1.82, 2.24) is 0 Å². The largest absolute Gasteiger partial charge is 0.159 e. The van der Waals surface area contributed by atoms with Crippen molar-refractivity contribution in [2.24, 2.45) is 0 Å². The third-order valence-electron chi connectivity index (χ3n) is 3.43. The lowest BCUT2D eigenvalue weighted by atomic mass is 10.1. The number of halogens is 1. The van der Waals surface area contributed by atoms with E-state index < -0.39 is 0 Å². The van der Waals surface area contributed by atoms with Crippen LogP contribution in [0.25, 0.3) is 0 Å². The lowest BCUT2D eigenvalue weighted by molar-refractivity contribution is 0.605. The molecule has 1 aliphatic rings. The third-order valence-corrected chi connectivity index (χ3v) is 5.46. The SMILES string of the molecule is BrCCCCCCCCCSC1CCCC1. The van der Waals surface area contributed by atoms with Gasteiger partial charge in [-0.15, -0.1) is 0 Å². The molecule has 0 aromatic carbocycles. The Balaban J connectivity index is 1.71. The van der Waals surface area contributed by atoms with E-state index in [4.69, 9.17) is 0 Å². The highest BCUT2D eigenvalue weighted by Gasteiger charge is 2.14. The molecule has 0 unspecified atom stereocenters. The van der Waals surface area contributed by atoms with Gasteiger partial charge in [0, 0.05) is 10.6 Å². The molecule has 96 valence electrons. The van der Waals surface area contributed by atoms with Crippen LogP contribution >= 0.6 is 27.7 Å². The first-order valence-electron chi connectivity index (χ1n) is 7.11. The van der Waals surface area contributed by atoms with Crippen LogP contribution in [-0.2, 0) is 0 Å². The molecule has 0 N–H and O–H groups in total. The van der Waals surface area contributed by atoms with Crippen LogP contribution in [0.4, 0.5) is 0 Å². The van der Waals surface area contributed by atoms with Gasteiger partial charge in [-0.2, -0.15) is 11.8 Å².